The predicted octanol–water partition coefficient (Wildman–Crippen LogP) is 4.38. The number of hydrogen-bond donors (Lipinski definition) is 0. The summed E-state index contributed by atoms with van der Waals surface area (Å²) in [6.07, 6.45) is 0. The molecule has 0 unspecified atom stereocenters. The molecule has 1 aromatic heterocycles. The van der Waals surface area contributed by atoms with Crippen LogP contribution in [0.25, 0.3) is 10.1 Å². The van der Waals surface area contributed by atoms with Gasteiger partial charge in [-0.2, -0.15) is 0 Å². The first-order valence-corrected chi connectivity index (χ1v) is 6.12. The Morgan fingerprint density at radius 1 is 1.46 bits per heavy atom. The third-order valence-electron chi connectivity index (χ3n) is 1.84. The minimum absolute atomic E-state index is 0.169. The summed E-state index contributed by atoms with van der Waals surface area (Å²) in [6, 6.07) is 3.41. The second-order valence-corrected chi connectivity index (χ2v) is 5.00. The Morgan fingerprint density at radius 3 is 2.92 bits per heavy atom. The molecule has 1 heterocycles. The summed E-state index contributed by atoms with van der Waals surface area (Å²) < 4.78 is 15.0. The molecule has 4 heteroatoms. The van der Waals surface area contributed by atoms with Crippen molar-refractivity contribution in [3.05, 3.63) is 32.5 Å². The first kappa shape index (κ1) is 9.68. The maximum Gasteiger partial charge on any atom is 0.137 e. The molecule has 0 aliphatic rings. The van der Waals surface area contributed by atoms with Crippen molar-refractivity contribution in [1.29, 1.82) is 0 Å². The topological polar surface area (TPSA) is 0 Å². The van der Waals surface area contributed by atoms with Crippen molar-refractivity contribution in [1.82, 2.24) is 0 Å². The Balaban J connectivity index is 2.77. The molecule has 0 bridgehead atoms. The van der Waals surface area contributed by atoms with E-state index in [1.165, 1.54) is 0 Å². The van der Waals surface area contributed by atoms with Crippen LogP contribution >= 0.6 is 45.5 Å². The molecule has 0 aliphatic carbocycles. The number of alkyl halides is 1. The van der Waals surface area contributed by atoms with Crippen molar-refractivity contribution in [3.63, 3.8) is 0 Å². The van der Waals surface area contributed by atoms with Crippen LogP contribution in [0.1, 0.15) is 5.56 Å². The number of hydrogen-bond acceptors (Lipinski definition) is 1. The lowest BCUT2D eigenvalue weighted by Crippen LogP contribution is -1.81. The van der Waals surface area contributed by atoms with E-state index in [2.05, 4.69) is 0 Å². The molecule has 0 nitrogen and oxygen atoms in total. The Bertz CT molecular complexity index is 452. The Morgan fingerprint density at radius 2 is 2.23 bits per heavy atom. The van der Waals surface area contributed by atoms with Gasteiger partial charge in [-0.15, -0.1) is 22.9 Å². The molecule has 0 atom stereocenters. The quantitative estimate of drug-likeness (QED) is 0.539. The minimum Gasteiger partial charge on any atom is -0.206 e. The second-order valence-electron chi connectivity index (χ2n) is 2.66. The Labute approximate surface area is 97.8 Å². The molecule has 1 aromatic carbocycles. The molecule has 68 valence electrons. The van der Waals surface area contributed by atoms with Gasteiger partial charge in [0.1, 0.15) is 5.82 Å². The van der Waals surface area contributed by atoms with Gasteiger partial charge in [-0.25, -0.2) is 4.39 Å². The highest BCUT2D eigenvalue weighted by Gasteiger charge is 2.07. The molecule has 2 aromatic rings. The first-order chi connectivity index (χ1) is 6.22. The van der Waals surface area contributed by atoms with Gasteiger partial charge >= 0.3 is 0 Å². The standard InChI is InChI=1S/C9H5ClFIS/c10-3-5-4-13-9-2-8(12)7(11)1-6(5)9/h1-2,4H,3H2. The van der Waals surface area contributed by atoms with Crippen LogP contribution in [0.4, 0.5) is 4.39 Å². The van der Waals surface area contributed by atoms with Crippen LogP contribution < -0.4 is 0 Å². The molecular weight excluding hydrogens is 322 g/mol. The van der Waals surface area contributed by atoms with Crippen molar-refractivity contribution in [2.45, 2.75) is 5.88 Å². The molecule has 0 saturated heterocycles. The summed E-state index contributed by atoms with van der Waals surface area (Å²) in [5.41, 5.74) is 1.01. The summed E-state index contributed by atoms with van der Waals surface area (Å²) in [5.74, 6) is 0.276. The van der Waals surface area contributed by atoms with E-state index >= 15 is 0 Å². The minimum atomic E-state index is -0.169. The number of benzene rings is 1. The fourth-order valence-corrected chi connectivity index (χ4v) is 3.15. The maximum atomic E-state index is 13.2. The van der Waals surface area contributed by atoms with Gasteiger partial charge in [0.25, 0.3) is 0 Å². The lowest BCUT2D eigenvalue weighted by Gasteiger charge is -1.96. The molecule has 13 heavy (non-hydrogen) atoms. The van der Waals surface area contributed by atoms with E-state index in [1.54, 1.807) is 17.4 Å². The van der Waals surface area contributed by atoms with E-state index in [9.17, 15) is 4.39 Å². The van der Waals surface area contributed by atoms with E-state index in [4.69, 9.17) is 11.6 Å². The number of halogens is 3. The Kier molecular flexibility index (Phi) is 2.76. The summed E-state index contributed by atoms with van der Waals surface area (Å²) >= 11 is 9.32. The Hall–Kier alpha value is 0.130. The van der Waals surface area contributed by atoms with Crippen molar-refractivity contribution < 1.29 is 4.39 Å². The van der Waals surface area contributed by atoms with E-state index in [-0.39, 0.29) is 5.82 Å². The highest BCUT2D eigenvalue weighted by atomic mass is 127. The monoisotopic (exact) mass is 326 g/mol. The van der Waals surface area contributed by atoms with Crippen molar-refractivity contribution in [2.75, 3.05) is 0 Å². The van der Waals surface area contributed by atoms with Gasteiger partial charge in [0.05, 0.1) is 3.57 Å². The fraction of sp³-hybridized carbons (Fsp3) is 0.111. The smallest absolute Gasteiger partial charge is 0.137 e. The van der Waals surface area contributed by atoms with Crippen LogP contribution in [0, 0.1) is 9.39 Å². The fourth-order valence-electron chi connectivity index (χ4n) is 1.18. The van der Waals surface area contributed by atoms with Crippen molar-refractivity contribution >= 4 is 55.6 Å². The molecule has 0 radical (unpaired) electrons. The van der Waals surface area contributed by atoms with Crippen LogP contribution in [0.15, 0.2) is 17.5 Å². The molecule has 0 spiro atoms. The molecule has 0 saturated carbocycles. The van der Waals surface area contributed by atoms with Crippen molar-refractivity contribution in [2.24, 2.45) is 0 Å². The van der Waals surface area contributed by atoms with E-state index in [1.807, 2.05) is 34.0 Å². The highest BCUT2D eigenvalue weighted by Crippen LogP contribution is 2.29. The van der Waals surface area contributed by atoms with E-state index in [0.29, 0.717) is 9.45 Å². The average Bonchev–Trinajstić information content (AvgIpc) is 2.48. The maximum absolute atomic E-state index is 13.2. The van der Waals surface area contributed by atoms with Crippen LogP contribution in [0.3, 0.4) is 0 Å². The van der Waals surface area contributed by atoms with Gasteiger partial charge in [-0.3, -0.25) is 0 Å². The second kappa shape index (κ2) is 3.71. The SMILES string of the molecule is Fc1cc2c(CCl)csc2cc1I. The number of thiophene rings is 1. The molecule has 2 rings (SSSR count). The van der Waals surface area contributed by atoms with Gasteiger partial charge in [-0.05, 0) is 51.1 Å². The van der Waals surface area contributed by atoms with Crippen LogP contribution in [0.2, 0.25) is 0 Å². The van der Waals surface area contributed by atoms with E-state index in [0.717, 1.165) is 15.6 Å². The van der Waals surface area contributed by atoms with Gasteiger partial charge in [0.2, 0.25) is 0 Å². The number of fused-ring (bicyclic) bond motifs is 1. The van der Waals surface area contributed by atoms with E-state index < -0.39 is 0 Å². The lowest BCUT2D eigenvalue weighted by atomic mass is 10.2. The van der Waals surface area contributed by atoms with Crippen LogP contribution in [-0.4, -0.2) is 0 Å². The number of rotatable bonds is 1. The first-order valence-electron chi connectivity index (χ1n) is 3.63. The predicted molar refractivity (Wildman–Crippen MR) is 64.1 cm³/mol. The summed E-state index contributed by atoms with van der Waals surface area (Å²) in [6.45, 7) is 0. The summed E-state index contributed by atoms with van der Waals surface area (Å²) in [5, 5.41) is 2.92. The van der Waals surface area contributed by atoms with Gasteiger partial charge in [0.15, 0.2) is 0 Å². The zero-order valence-corrected chi connectivity index (χ0v) is 10.2. The molecular formula is C9H5ClFIS. The molecule has 0 aliphatic heterocycles. The van der Waals surface area contributed by atoms with Crippen LogP contribution in [0.5, 0.6) is 0 Å². The normalized spacial score (nSPS) is 11.0. The third-order valence-corrected chi connectivity index (χ3v) is 3.95. The summed E-state index contributed by atoms with van der Waals surface area (Å²) in [4.78, 5) is 0. The largest absolute Gasteiger partial charge is 0.206 e. The summed E-state index contributed by atoms with van der Waals surface area (Å²) in [7, 11) is 0. The van der Waals surface area contributed by atoms with Gasteiger partial charge < -0.3 is 0 Å². The zero-order valence-electron chi connectivity index (χ0n) is 6.48. The van der Waals surface area contributed by atoms with Gasteiger partial charge in [-0.1, -0.05) is 0 Å². The molecule has 0 amide bonds. The van der Waals surface area contributed by atoms with Crippen LogP contribution in [-0.2, 0) is 5.88 Å². The average molecular weight is 327 g/mol. The van der Waals surface area contributed by atoms with Gasteiger partial charge in [0, 0.05) is 10.6 Å². The highest BCUT2D eigenvalue weighted by molar-refractivity contribution is 14.1. The molecule has 0 fully saturated rings. The lowest BCUT2D eigenvalue weighted by molar-refractivity contribution is 0.622. The zero-order chi connectivity index (χ0) is 9.42. The third kappa shape index (κ3) is 1.69. The van der Waals surface area contributed by atoms with Crippen molar-refractivity contribution in [3.8, 4) is 0 Å². The molecule has 0 N–H and O–H groups in total.